The van der Waals surface area contributed by atoms with Crippen LogP contribution in [0.4, 0.5) is 17.6 Å². The first-order valence-corrected chi connectivity index (χ1v) is 6.47. The van der Waals surface area contributed by atoms with Crippen molar-refractivity contribution < 1.29 is 17.6 Å². The van der Waals surface area contributed by atoms with Crippen molar-refractivity contribution in [3.8, 4) is 0 Å². The zero-order valence-corrected chi connectivity index (χ0v) is 11.0. The Kier molecular flexibility index (Phi) is 3.46. The molecule has 0 bridgehead atoms. The molecular formula is C13H5F4N3S. The Balaban J connectivity index is 2.16. The fourth-order valence-corrected chi connectivity index (χ4v) is 2.64. The predicted molar refractivity (Wildman–Crippen MR) is 67.7 cm³/mol. The molecule has 3 aromatic rings. The van der Waals surface area contributed by atoms with Crippen LogP contribution in [0.25, 0.3) is 10.9 Å². The Morgan fingerprint density at radius 2 is 1.52 bits per heavy atom. The van der Waals surface area contributed by atoms with Crippen molar-refractivity contribution in [3.05, 3.63) is 54.1 Å². The normalized spacial score (nSPS) is 11.0. The van der Waals surface area contributed by atoms with Gasteiger partial charge in [-0.1, -0.05) is 30.0 Å². The van der Waals surface area contributed by atoms with Gasteiger partial charge in [-0.25, -0.2) is 18.7 Å². The van der Waals surface area contributed by atoms with Gasteiger partial charge < -0.3 is 0 Å². The molecule has 3 rings (SSSR count). The van der Waals surface area contributed by atoms with Crippen molar-refractivity contribution in [1.29, 1.82) is 0 Å². The lowest BCUT2D eigenvalue weighted by molar-refractivity contribution is 0.383. The Labute approximate surface area is 120 Å². The van der Waals surface area contributed by atoms with Gasteiger partial charge in [0, 0.05) is 5.39 Å². The summed E-state index contributed by atoms with van der Waals surface area (Å²) < 4.78 is 53.4. The van der Waals surface area contributed by atoms with Crippen LogP contribution in [-0.4, -0.2) is 15.0 Å². The van der Waals surface area contributed by atoms with E-state index in [0.717, 1.165) is 0 Å². The highest BCUT2D eigenvalue weighted by Crippen LogP contribution is 2.35. The summed E-state index contributed by atoms with van der Waals surface area (Å²) in [7, 11) is 0. The fourth-order valence-electron chi connectivity index (χ4n) is 1.72. The lowest BCUT2D eigenvalue weighted by atomic mass is 10.2. The number of benzene rings is 1. The molecule has 1 aromatic carbocycles. The molecule has 8 heteroatoms. The number of para-hydroxylation sites is 1. The van der Waals surface area contributed by atoms with Crippen molar-refractivity contribution >= 4 is 22.7 Å². The summed E-state index contributed by atoms with van der Waals surface area (Å²) in [5.74, 6) is -6.51. The first-order valence-electron chi connectivity index (χ1n) is 5.65. The van der Waals surface area contributed by atoms with Crippen LogP contribution in [0.15, 0.2) is 40.5 Å². The van der Waals surface area contributed by atoms with Crippen molar-refractivity contribution in [2.75, 3.05) is 0 Å². The van der Waals surface area contributed by atoms with Gasteiger partial charge in [-0.2, -0.15) is 13.8 Å². The number of rotatable bonds is 2. The predicted octanol–water partition coefficient (Wildman–Crippen LogP) is 3.73. The summed E-state index contributed by atoms with van der Waals surface area (Å²) in [5.41, 5.74) is 0.547. The number of halogens is 4. The molecule has 0 atom stereocenters. The molecule has 0 amide bonds. The molecule has 3 nitrogen and oxygen atoms in total. The van der Waals surface area contributed by atoms with Gasteiger partial charge in [0.05, 0.1) is 10.4 Å². The lowest BCUT2D eigenvalue weighted by Gasteiger charge is -2.07. The van der Waals surface area contributed by atoms with Crippen LogP contribution in [0, 0.1) is 23.5 Å². The number of hydrogen-bond acceptors (Lipinski definition) is 4. The number of nitrogens with zero attached hydrogens (tertiary/aromatic N) is 3. The van der Waals surface area contributed by atoms with E-state index < -0.39 is 28.4 Å². The second kappa shape index (κ2) is 5.28. The number of fused-ring (bicyclic) bond motifs is 1. The molecule has 0 radical (unpaired) electrons. The van der Waals surface area contributed by atoms with Crippen molar-refractivity contribution in [2.24, 2.45) is 0 Å². The molecule has 0 aliphatic heterocycles. The molecule has 0 aliphatic rings. The lowest BCUT2D eigenvalue weighted by Crippen LogP contribution is -2.02. The Hall–Kier alpha value is -2.22. The van der Waals surface area contributed by atoms with Gasteiger partial charge in [-0.3, -0.25) is 0 Å². The van der Waals surface area contributed by atoms with E-state index >= 15 is 0 Å². The molecule has 2 aromatic heterocycles. The monoisotopic (exact) mass is 311 g/mol. The molecule has 21 heavy (non-hydrogen) atoms. The Bertz CT molecular complexity index is 810. The largest absolute Gasteiger partial charge is 0.252 e. The summed E-state index contributed by atoms with van der Waals surface area (Å²) in [6, 6.07) is 6.75. The molecule has 106 valence electrons. The van der Waals surface area contributed by atoms with Gasteiger partial charge in [0.25, 0.3) is 11.9 Å². The van der Waals surface area contributed by atoms with Crippen molar-refractivity contribution in [1.82, 2.24) is 15.0 Å². The Morgan fingerprint density at radius 1 is 0.857 bits per heavy atom. The zero-order chi connectivity index (χ0) is 15.0. The maximum Gasteiger partial charge on any atom is 0.252 e. The molecule has 0 unspecified atom stereocenters. The van der Waals surface area contributed by atoms with Gasteiger partial charge >= 0.3 is 0 Å². The summed E-state index contributed by atoms with van der Waals surface area (Å²) in [6.07, 6.45) is 1.20. The van der Waals surface area contributed by atoms with E-state index in [1.165, 1.54) is 6.33 Å². The highest BCUT2D eigenvalue weighted by atomic mass is 32.2. The minimum atomic E-state index is -1.70. The minimum Gasteiger partial charge on any atom is -0.236 e. The SMILES string of the molecule is Fc1nc(F)c(F)c(Sc2ncnc3ccccc23)c1F. The molecule has 0 saturated carbocycles. The molecular weight excluding hydrogens is 306 g/mol. The number of aromatic nitrogens is 3. The summed E-state index contributed by atoms with van der Waals surface area (Å²) in [6.45, 7) is 0. The maximum absolute atomic E-state index is 13.6. The van der Waals surface area contributed by atoms with Crippen molar-refractivity contribution in [3.63, 3.8) is 0 Å². The standard InChI is InChI=1S/C13H5F4N3S/c14-8-10(9(15)12(17)20-11(8)16)21-13-6-3-1-2-4-7(6)18-5-19-13/h1-5H. The average molecular weight is 311 g/mol. The first-order chi connectivity index (χ1) is 10.1. The van der Waals surface area contributed by atoms with E-state index in [1.54, 1.807) is 24.3 Å². The van der Waals surface area contributed by atoms with Gasteiger partial charge in [0.15, 0.2) is 11.6 Å². The van der Waals surface area contributed by atoms with Crippen molar-refractivity contribution in [2.45, 2.75) is 9.92 Å². The highest BCUT2D eigenvalue weighted by molar-refractivity contribution is 7.99. The second-order valence-corrected chi connectivity index (χ2v) is 4.95. The number of pyridine rings is 1. The van der Waals surface area contributed by atoms with Gasteiger partial charge in [0.2, 0.25) is 0 Å². The summed E-state index contributed by atoms with van der Waals surface area (Å²) in [4.78, 5) is 9.57. The maximum atomic E-state index is 13.6. The third-order valence-electron chi connectivity index (χ3n) is 2.66. The topological polar surface area (TPSA) is 38.7 Å². The quantitative estimate of drug-likeness (QED) is 0.411. The van der Waals surface area contributed by atoms with E-state index in [0.29, 0.717) is 22.7 Å². The summed E-state index contributed by atoms with van der Waals surface area (Å²) >= 11 is 0.478. The summed E-state index contributed by atoms with van der Waals surface area (Å²) in [5, 5.41) is 0.699. The molecule has 0 spiro atoms. The molecule has 2 heterocycles. The highest BCUT2D eigenvalue weighted by Gasteiger charge is 2.22. The van der Waals surface area contributed by atoms with E-state index in [4.69, 9.17) is 0 Å². The van der Waals surface area contributed by atoms with Crippen LogP contribution in [0.3, 0.4) is 0 Å². The third-order valence-corrected chi connectivity index (χ3v) is 3.74. The van der Waals surface area contributed by atoms with Crippen LogP contribution >= 0.6 is 11.8 Å². The van der Waals surface area contributed by atoms with Crippen LogP contribution < -0.4 is 0 Å². The van der Waals surface area contributed by atoms with Gasteiger partial charge in [-0.15, -0.1) is 0 Å². The van der Waals surface area contributed by atoms with Gasteiger partial charge in [0.1, 0.15) is 11.4 Å². The van der Waals surface area contributed by atoms with E-state index in [-0.39, 0.29) is 5.03 Å². The second-order valence-electron chi connectivity index (χ2n) is 3.95. The van der Waals surface area contributed by atoms with Gasteiger partial charge in [-0.05, 0) is 6.07 Å². The van der Waals surface area contributed by atoms with Crippen LogP contribution in [0.5, 0.6) is 0 Å². The molecule has 0 fully saturated rings. The minimum absolute atomic E-state index is 0.184. The van der Waals surface area contributed by atoms with E-state index in [9.17, 15) is 17.6 Å². The first kappa shape index (κ1) is 13.7. The third kappa shape index (κ3) is 2.42. The Morgan fingerprint density at radius 3 is 2.24 bits per heavy atom. The smallest absolute Gasteiger partial charge is 0.236 e. The fraction of sp³-hybridized carbons (Fsp3) is 0. The zero-order valence-electron chi connectivity index (χ0n) is 10.1. The number of hydrogen-bond donors (Lipinski definition) is 0. The van der Waals surface area contributed by atoms with Crippen LogP contribution in [-0.2, 0) is 0 Å². The van der Waals surface area contributed by atoms with E-state index in [2.05, 4.69) is 15.0 Å². The molecule has 0 aliphatic carbocycles. The molecule has 0 N–H and O–H groups in total. The van der Waals surface area contributed by atoms with Crippen LogP contribution in [0.2, 0.25) is 0 Å². The average Bonchev–Trinajstić information content (AvgIpc) is 2.50. The van der Waals surface area contributed by atoms with E-state index in [1.807, 2.05) is 0 Å². The molecule has 0 saturated heterocycles. The van der Waals surface area contributed by atoms with Crippen LogP contribution in [0.1, 0.15) is 0 Å².